The van der Waals surface area contributed by atoms with Crippen molar-refractivity contribution >= 4 is 46.1 Å². The first-order valence-corrected chi connectivity index (χ1v) is 7.33. The highest BCUT2D eigenvalue weighted by atomic mass is 127. The van der Waals surface area contributed by atoms with Crippen LogP contribution in [0.1, 0.15) is 17.3 Å². The number of carboxylic acid groups (broad SMARTS) is 1. The summed E-state index contributed by atoms with van der Waals surface area (Å²) in [6.07, 6.45) is 0. The Morgan fingerprint density at radius 1 is 1.47 bits per heavy atom. The summed E-state index contributed by atoms with van der Waals surface area (Å²) in [6.45, 7) is 2.67. The molecular weight excluding hydrogens is 381 g/mol. The van der Waals surface area contributed by atoms with Gasteiger partial charge in [-0.05, 0) is 40.8 Å². The average molecular weight is 394 g/mol. The molecule has 0 aliphatic carbocycles. The highest BCUT2D eigenvalue weighted by molar-refractivity contribution is 14.1. The zero-order valence-corrected chi connectivity index (χ0v) is 13.2. The maximum Gasteiger partial charge on any atom is 0.306 e. The molecule has 0 aromatic heterocycles. The first kappa shape index (κ1) is 14.6. The number of benzene rings is 1. The Morgan fingerprint density at radius 3 is 2.68 bits per heavy atom. The van der Waals surface area contributed by atoms with Gasteiger partial charge in [0, 0.05) is 27.6 Å². The monoisotopic (exact) mass is 393 g/mol. The van der Waals surface area contributed by atoms with E-state index in [2.05, 4.69) is 22.6 Å². The topological polar surface area (TPSA) is 57.6 Å². The standard InChI is InChI=1S/C13H13ClINO3/c1-7(13(18)19)8-5-16(6-8)12(17)10-4-9(14)2-3-11(10)15/h2-4,7-8H,5-6H2,1H3,(H,18,19). The zero-order valence-electron chi connectivity index (χ0n) is 10.3. The summed E-state index contributed by atoms with van der Waals surface area (Å²) in [7, 11) is 0. The number of amides is 1. The van der Waals surface area contributed by atoms with Crippen LogP contribution in [0.25, 0.3) is 0 Å². The number of halogens is 2. The van der Waals surface area contributed by atoms with E-state index in [4.69, 9.17) is 16.7 Å². The number of likely N-dealkylation sites (tertiary alicyclic amines) is 1. The lowest BCUT2D eigenvalue weighted by atomic mass is 9.86. The molecule has 6 heteroatoms. The largest absolute Gasteiger partial charge is 0.481 e. The van der Waals surface area contributed by atoms with E-state index in [1.165, 1.54) is 0 Å². The van der Waals surface area contributed by atoms with Crippen molar-refractivity contribution in [1.82, 2.24) is 4.90 Å². The quantitative estimate of drug-likeness (QED) is 0.804. The van der Waals surface area contributed by atoms with Crippen LogP contribution < -0.4 is 0 Å². The van der Waals surface area contributed by atoms with Crippen molar-refractivity contribution in [2.24, 2.45) is 11.8 Å². The van der Waals surface area contributed by atoms with E-state index in [0.717, 1.165) is 3.57 Å². The van der Waals surface area contributed by atoms with Crippen LogP contribution in [-0.4, -0.2) is 35.0 Å². The molecule has 1 aromatic carbocycles. The molecule has 102 valence electrons. The summed E-state index contributed by atoms with van der Waals surface area (Å²) >= 11 is 7.99. The first-order valence-electron chi connectivity index (χ1n) is 5.87. The number of carbonyl (C=O) groups is 2. The second kappa shape index (κ2) is 5.66. The zero-order chi connectivity index (χ0) is 14.2. The Kier molecular flexibility index (Phi) is 4.35. The Labute approximate surface area is 129 Å². The molecule has 1 aliphatic heterocycles. The molecule has 1 amide bonds. The van der Waals surface area contributed by atoms with E-state index in [-0.39, 0.29) is 11.8 Å². The molecule has 0 saturated carbocycles. The maximum absolute atomic E-state index is 12.3. The third-order valence-electron chi connectivity index (χ3n) is 3.45. The van der Waals surface area contributed by atoms with E-state index < -0.39 is 11.9 Å². The second-order valence-electron chi connectivity index (χ2n) is 4.72. The molecule has 2 rings (SSSR count). The fourth-order valence-corrected chi connectivity index (χ4v) is 2.77. The SMILES string of the molecule is CC(C(=O)O)C1CN(C(=O)c2cc(Cl)ccc2I)C1. The number of aliphatic carboxylic acids is 1. The lowest BCUT2D eigenvalue weighted by Gasteiger charge is -2.41. The predicted octanol–water partition coefficient (Wildman–Crippen LogP) is 2.74. The number of hydrogen-bond donors (Lipinski definition) is 1. The van der Waals surface area contributed by atoms with Gasteiger partial charge in [-0.25, -0.2) is 0 Å². The molecular formula is C13H13ClINO3. The van der Waals surface area contributed by atoms with Crippen molar-refractivity contribution in [1.29, 1.82) is 0 Å². The van der Waals surface area contributed by atoms with Crippen molar-refractivity contribution in [2.75, 3.05) is 13.1 Å². The predicted molar refractivity (Wildman–Crippen MR) is 80.4 cm³/mol. The van der Waals surface area contributed by atoms with Crippen LogP contribution in [0.4, 0.5) is 0 Å². The van der Waals surface area contributed by atoms with Gasteiger partial charge >= 0.3 is 5.97 Å². The molecule has 1 N–H and O–H groups in total. The summed E-state index contributed by atoms with van der Waals surface area (Å²) in [4.78, 5) is 24.8. The average Bonchev–Trinajstić information content (AvgIpc) is 2.29. The molecule has 1 fully saturated rings. The summed E-state index contributed by atoms with van der Waals surface area (Å²) in [5.41, 5.74) is 0.578. The number of rotatable bonds is 3. The summed E-state index contributed by atoms with van der Waals surface area (Å²) in [5.74, 6) is -1.27. The van der Waals surface area contributed by atoms with Gasteiger partial charge in [-0.1, -0.05) is 18.5 Å². The van der Waals surface area contributed by atoms with Crippen LogP contribution in [0, 0.1) is 15.4 Å². The number of carboxylic acids is 1. The van der Waals surface area contributed by atoms with Gasteiger partial charge in [-0.3, -0.25) is 9.59 Å². The van der Waals surface area contributed by atoms with Gasteiger partial charge in [0.25, 0.3) is 5.91 Å². The molecule has 1 unspecified atom stereocenters. The third kappa shape index (κ3) is 3.02. The normalized spacial score (nSPS) is 16.9. The van der Waals surface area contributed by atoms with Crippen molar-refractivity contribution in [3.63, 3.8) is 0 Å². The van der Waals surface area contributed by atoms with E-state index in [0.29, 0.717) is 23.7 Å². The molecule has 1 aliphatic rings. The highest BCUT2D eigenvalue weighted by Gasteiger charge is 2.37. The molecule has 4 nitrogen and oxygen atoms in total. The van der Waals surface area contributed by atoms with Crippen LogP contribution in [0.15, 0.2) is 18.2 Å². The van der Waals surface area contributed by atoms with Crippen LogP contribution in [0.2, 0.25) is 5.02 Å². The Bertz CT molecular complexity index is 529. The smallest absolute Gasteiger partial charge is 0.306 e. The van der Waals surface area contributed by atoms with Gasteiger partial charge in [0.05, 0.1) is 11.5 Å². The number of nitrogens with zero attached hydrogens (tertiary/aromatic N) is 1. The summed E-state index contributed by atoms with van der Waals surface area (Å²) < 4.78 is 0.849. The van der Waals surface area contributed by atoms with Gasteiger partial charge < -0.3 is 10.0 Å². The minimum absolute atomic E-state index is 0.0401. The summed E-state index contributed by atoms with van der Waals surface area (Å²) in [5, 5.41) is 9.45. The minimum Gasteiger partial charge on any atom is -0.481 e. The Morgan fingerprint density at radius 2 is 2.11 bits per heavy atom. The van der Waals surface area contributed by atoms with E-state index in [1.54, 1.807) is 30.0 Å². The molecule has 0 radical (unpaired) electrons. The van der Waals surface area contributed by atoms with Crippen LogP contribution in [0.5, 0.6) is 0 Å². The molecule has 1 heterocycles. The van der Waals surface area contributed by atoms with Crippen LogP contribution in [0.3, 0.4) is 0 Å². The lowest BCUT2D eigenvalue weighted by molar-refractivity contribution is -0.144. The maximum atomic E-state index is 12.3. The van der Waals surface area contributed by atoms with Crippen molar-refractivity contribution < 1.29 is 14.7 Å². The van der Waals surface area contributed by atoms with Crippen molar-refractivity contribution in [3.05, 3.63) is 32.4 Å². The van der Waals surface area contributed by atoms with E-state index in [9.17, 15) is 9.59 Å². The van der Waals surface area contributed by atoms with Gasteiger partial charge in [-0.15, -0.1) is 0 Å². The van der Waals surface area contributed by atoms with Crippen LogP contribution in [-0.2, 0) is 4.79 Å². The molecule has 19 heavy (non-hydrogen) atoms. The summed E-state index contributed by atoms with van der Waals surface area (Å²) in [6, 6.07) is 5.19. The Balaban J connectivity index is 2.04. The van der Waals surface area contributed by atoms with Crippen molar-refractivity contribution in [2.45, 2.75) is 6.92 Å². The van der Waals surface area contributed by atoms with Crippen LogP contribution >= 0.6 is 34.2 Å². The first-order chi connectivity index (χ1) is 8.90. The lowest BCUT2D eigenvalue weighted by Crippen LogP contribution is -2.53. The van der Waals surface area contributed by atoms with Gasteiger partial charge in [0.1, 0.15) is 0 Å². The van der Waals surface area contributed by atoms with E-state index in [1.807, 2.05) is 0 Å². The molecule has 0 bridgehead atoms. The minimum atomic E-state index is -0.811. The van der Waals surface area contributed by atoms with Gasteiger partial charge in [0.2, 0.25) is 0 Å². The van der Waals surface area contributed by atoms with E-state index >= 15 is 0 Å². The number of hydrogen-bond acceptors (Lipinski definition) is 2. The molecule has 1 aromatic rings. The second-order valence-corrected chi connectivity index (χ2v) is 6.32. The van der Waals surface area contributed by atoms with Gasteiger partial charge in [-0.2, -0.15) is 0 Å². The van der Waals surface area contributed by atoms with Gasteiger partial charge in [0.15, 0.2) is 0 Å². The fourth-order valence-electron chi connectivity index (χ4n) is 2.03. The fraction of sp³-hybridized carbons (Fsp3) is 0.385. The Hall–Kier alpha value is -0.820. The molecule has 1 atom stereocenters. The number of carbonyl (C=O) groups excluding carboxylic acids is 1. The molecule has 0 spiro atoms. The molecule has 1 saturated heterocycles. The van der Waals surface area contributed by atoms with Crippen molar-refractivity contribution in [3.8, 4) is 0 Å². The third-order valence-corrected chi connectivity index (χ3v) is 4.63. The highest BCUT2D eigenvalue weighted by Crippen LogP contribution is 2.27.